The lowest BCUT2D eigenvalue weighted by atomic mass is 10.2. The van der Waals surface area contributed by atoms with Crippen LogP contribution in [-0.2, 0) is 10.0 Å². The molecule has 0 saturated carbocycles. The minimum absolute atomic E-state index is 0. The van der Waals surface area contributed by atoms with E-state index < -0.39 is 10.0 Å². The molecule has 1 aromatic rings. The predicted octanol–water partition coefficient (Wildman–Crippen LogP) is 0.408. The fourth-order valence-electron chi connectivity index (χ4n) is 2.23. The molecule has 3 heterocycles. The Morgan fingerprint density at radius 1 is 1.17 bits per heavy atom. The average Bonchev–Trinajstić information content (AvgIpc) is 2.90. The molecular formula is C11H14ClN3O2S. The number of sulfonamides is 1. The molecule has 0 spiro atoms. The van der Waals surface area contributed by atoms with Gasteiger partial charge in [0.1, 0.15) is 0 Å². The van der Waals surface area contributed by atoms with Crippen LogP contribution in [0.5, 0.6) is 0 Å². The molecule has 7 heteroatoms. The van der Waals surface area contributed by atoms with Crippen molar-refractivity contribution in [3.8, 4) is 0 Å². The SMILES string of the molecule is Cl.O=S(=O)(c1ccccn1)N1CC2=C(CNC2)C1. The van der Waals surface area contributed by atoms with Crippen LogP contribution < -0.4 is 5.32 Å². The highest BCUT2D eigenvalue weighted by atomic mass is 35.5. The summed E-state index contributed by atoms with van der Waals surface area (Å²) >= 11 is 0. The van der Waals surface area contributed by atoms with Crippen molar-refractivity contribution in [1.82, 2.24) is 14.6 Å². The molecule has 1 aromatic heterocycles. The van der Waals surface area contributed by atoms with Crippen LogP contribution in [0.2, 0.25) is 0 Å². The predicted molar refractivity (Wildman–Crippen MR) is 70.1 cm³/mol. The van der Waals surface area contributed by atoms with Crippen molar-refractivity contribution in [2.45, 2.75) is 5.03 Å². The molecule has 0 radical (unpaired) electrons. The summed E-state index contributed by atoms with van der Waals surface area (Å²) in [6, 6.07) is 4.95. The number of halogens is 1. The van der Waals surface area contributed by atoms with Gasteiger partial charge in [0.2, 0.25) is 0 Å². The van der Waals surface area contributed by atoms with Crippen molar-refractivity contribution in [3.05, 3.63) is 35.5 Å². The minimum Gasteiger partial charge on any atom is -0.309 e. The number of hydrogen-bond donors (Lipinski definition) is 1. The topological polar surface area (TPSA) is 62.3 Å². The molecule has 2 aliphatic rings. The molecule has 0 unspecified atom stereocenters. The molecule has 5 nitrogen and oxygen atoms in total. The van der Waals surface area contributed by atoms with Crippen molar-refractivity contribution in [2.75, 3.05) is 26.2 Å². The van der Waals surface area contributed by atoms with Crippen LogP contribution in [0.3, 0.4) is 0 Å². The summed E-state index contributed by atoms with van der Waals surface area (Å²) in [7, 11) is -3.43. The first kappa shape index (κ1) is 13.5. The molecule has 0 atom stereocenters. The Morgan fingerprint density at radius 2 is 1.83 bits per heavy atom. The number of aromatic nitrogens is 1. The van der Waals surface area contributed by atoms with E-state index in [9.17, 15) is 8.42 Å². The number of nitrogens with one attached hydrogen (secondary N) is 1. The van der Waals surface area contributed by atoms with Crippen LogP contribution in [0, 0.1) is 0 Å². The van der Waals surface area contributed by atoms with Crippen molar-refractivity contribution in [2.24, 2.45) is 0 Å². The van der Waals surface area contributed by atoms with Gasteiger partial charge in [-0.1, -0.05) is 6.07 Å². The number of pyridine rings is 1. The summed E-state index contributed by atoms with van der Waals surface area (Å²) in [5, 5.41) is 3.36. The third-order valence-electron chi connectivity index (χ3n) is 3.15. The van der Waals surface area contributed by atoms with E-state index in [1.54, 1.807) is 12.1 Å². The highest BCUT2D eigenvalue weighted by Gasteiger charge is 2.34. The van der Waals surface area contributed by atoms with Crippen LogP contribution in [-0.4, -0.2) is 43.9 Å². The first-order valence-electron chi connectivity index (χ1n) is 5.49. The van der Waals surface area contributed by atoms with Crippen LogP contribution in [0.1, 0.15) is 0 Å². The van der Waals surface area contributed by atoms with Gasteiger partial charge in [0.15, 0.2) is 5.03 Å². The second-order valence-electron chi connectivity index (χ2n) is 4.25. The van der Waals surface area contributed by atoms with Gasteiger partial charge < -0.3 is 5.32 Å². The molecule has 0 bridgehead atoms. The van der Waals surface area contributed by atoms with Crippen molar-refractivity contribution in [1.29, 1.82) is 0 Å². The molecular weight excluding hydrogens is 274 g/mol. The van der Waals surface area contributed by atoms with E-state index >= 15 is 0 Å². The van der Waals surface area contributed by atoms with E-state index in [0.29, 0.717) is 13.1 Å². The molecule has 98 valence electrons. The molecule has 2 aliphatic heterocycles. The van der Waals surface area contributed by atoms with Gasteiger partial charge in [-0.05, 0) is 23.3 Å². The summed E-state index contributed by atoms with van der Waals surface area (Å²) in [6.07, 6.45) is 1.51. The van der Waals surface area contributed by atoms with Gasteiger partial charge in [-0.15, -0.1) is 12.4 Å². The first-order valence-corrected chi connectivity index (χ1v) is 6.93. The zero-order chi connectivity index (χ0) is 11.9. The van der Waals surface area contributed by atoms with Crippen molar-refractivity contribution in [3.63, 3.8) is 0 Å². The Labute approximate surface area is 112 Å². The Balaban J connectivity index is 0.00000120. The van der Waals surface area contributed by atoms with Crippen LogP contribution in [0.15, 0.2) is 40.6 Å². The van der Waals surface area contributed by atoms with Gasteiger partial charge in [0.25, 0.3) is 10.0 Å². The zero-order valence-electron chi connectivity index (χ0n) is 9.67. The highest BCUT2D eigenvalue weighted by molar-refractivity contribution is 7.89. The quantitative estimate of drug-likeness (QED) is 0.800. The van der Waals surface area contributed by atoms with E-state index in [4.69, 9.17) is 0 Å². The Kier molecular flexibility index (Phi) is 3.72. The highest BCUT2D eigenvalue weighted by Crippen LogP contribution is 2.25. The zero-order valence-corrected chi connectivity index (χ0v) is 11.3. The van der Waals surface area contributed by atoms with Crippen molar-refractivity contribution < 1.29 is 8.42 Å². The van der Waals surface area contributed by atoms with E-state index in [1.165, 1.54) is 27.7 Å². The lowest BCUT2D eigenvalue weighted by Gasteiger charge is -2.17. The lowest BCUT2D eigenvalue weighted by molar-refractivity contribution is 0.470. The Bertz CT molecular complexity index is 555. The molecule has 0 fully saturated rings. The van der Waals surface area contributed by atoms with Gasteiger partial charge in [0.05, 0.1) is 0 Å². The molecule has 1 N–H and O–H groups in total. The van der Waals surface area contributed by atoms with Gasteiger partial charge >= 0.3 is 0 Å². The van der Waals surface area contributed by atoms with E-state index in [-0.39, 0.29) is 17.4 Å². The monoisotopic (exact) mass is 287 g/mol. The third kappa shape index (κ3) is 2.16. The fraction of sp³-hybridized carbons (Fsp3) is 0.364. The second-order valence-corrected chi connectivity index (χ2v) is 6.14. The lowest BCUT2D eigenvalue weighted by Crippen LogP contribution is -2.33. The van der Waals surface area contributed by atoms with Gasteiger partial charge in [-0.25, -0.2) is 13.4 Å². The molecule has 0 aromatic carbocycles. The second kappa shape index (κ2) is 4.97. The van der Waals surface area contributed by atoms with E-state index in [1.807, 2.05) is 0 Å². The summed E-state index contributed by atoms with van der Waals surface area (Å²) in [5.41, 5.74) is 2.43. The summed E-state index contributed by atoms with van der Waals surface area (Å²) in [5.74, 6) is 0. The summed E-state index contributed by atoms with van der Waals surface area (Å²) < 4.78 is 26.1. The van der Waals surface area contributed by atoms with Crippen LogP contribution in [0.4, 0.5) is 0 Å². The van der Waals surface area contributed by atoms with Crippen LogP contribution >= 0.6 is 12.4 Å². The molecule has 18 heavy (non-hydrogen) atoms. The normalized spacial score (nSPS) is 19.8. The molecule has 0 saturated heterocycles. The molecule has 3 rings (SSSR count). The number of hydrogen-bond acceptors (Lipinski definition) is 4. The largest absolute Gasteiger partial charge is 0.309 e. The Morgan fingerprint density at radius 3 is 2.39 bits per heavy atom. The van der Waals surface area contributed by atoms with E-state index in [0.717, 1.165) is 13.1 Å². The first-order chi connectivity index (χ1) is 8.18. The van der Waals surface area contributed by atoms with Gasteiger partial charge in [-0.3, -0.25) is 0 Å². The van der Waals surface area contributed by atoms with Gasteiger partial charge in [0, 0.05) is 32.4 Å². The summed E-state index contributed by atoms with van der Waals surface area (Å²) in [6.45, 7) is 2.62. The van der Waals surface area contributed by atoms with Gasteiger partial charge in [-0.2, -0.15) is 4.31 Å². The molecule has 0 aliphatic carbocycles. The van der Waals surface area contributed by atoms with Crippen molar-refractivity contribution >= 4 is 22.4 Å². The summed E-state index contributed by atoms with van der Waals surface area (Å²) in [4.78, 5) is 3.93. The Hall–Kier alpha value is -0.950. The van der Waals surface area contributed by atoms with E-state index in [2.05, 4.69) is 10.3 Å². The number of nitrogens with zero attached hydrogens (tertiary/aromatic N) is 2. The maximum Gasteiger partial charge on any atom is 0.261 e. The minimum atomic E-state index is -3.43. The molecule has 0 amide bonds. The third-order valence-corrected chi connectivity index (χ3v) is 4.86. The standard InChI is InChI=1S/C11H13N3O2S.ClH/c15-17(16,11-3-1-2-4-13-11)14-7-9-5-12-6-10(9)8-14;/h1-4,12H,5-8H2;1H. The maximum atomic E-state index is 12.3. The average molecular weight is 288 g/mol. The fourth-order valence-corrected chi connectivity index (χ4v) is 3.59. The number of rotatable bonds is 2. The smallest absolute Gasteiger partial charge is 0.261 e. The maximum absolute atomic E-state index is 12.3. The van der Waals surface area contributed by atoms with Crippen LogP contribution in [0.25, 0.3) is 0 Å².